The molecule has 0 saturated heterocycles. The van der Waals surface area contributed by atoms with Crippen LogP contribution in [0.15, 0.2) is 48.5 Å². The maximum Gasteiger partial charge on any atom is 0.227 e. The highest BCUT2D eigenvalue weighted by atomic mass is 16.6. The fourth-order valence-electron chi connectivity index (χ4n) is 8.17. The summed E-state index contributed by atoms with van der Waals surface area (Å²) in [7, 11) is 0. The molecule has 5 amide bonds. The minimum Gasteiger partial charge on any atom is -0.379 e. The third-order valence-corrected chi connectivity index (χ3v) is 12.5. The Hall–Kier alpha value is -5.91. The van der Waals surface area contributed by atoms with Gasteiger partial charge < -0.3 is 92.5 Å². The van der Waals surface area contributed by atoms with Gasteiger partial charge in [-0.3, -0.25) is 24.0 Å². The van der Waals surface area contributed by atoms with Crippen LogP contribution in [0.3, 0.4) is 0 Å². The van der Waals surface area contributed by atoms with Crippen molar-refractivity contribution in [3.8, 4) is 24.7 Å². The van der Waals surface area contributed by atoms with Gasteiger partial charge in [0, 0.05) is 57.3 Å². The zero-order chi connectivity index (χ0) is 61.2. The van der Waals surface area contributed by atoms with Gasteiger partial charge in [-0.05, 0) is 34.8 Å². The lowest BCUT2D eigenvalue weighted by Crippen LogP contribution is -2.42. The van der Waals surface area contributed by atoms with E-state index in [0.29, 0.717) is 158 Å². The second-order valence-corrected chi connectivity index (χ2v) is 19.1. The van der Waals surface area contributed by atoms with Crippen molar-refractivity contribution in [2.45, 2.75) is 51.1 Å². The molecular formula is C62H91N5O19. The normalized spacial score (nSPS) is 12.3. The van der Waals surface area contributed by atoms with E-state index in [1.165, 1.54) is 16.7 Å². The number of carbonyl (C=O) groups excluding carboxylic acids is 5. The summed E-state index contributed by atoms with van der Waals surface area (Å²) in [5, 5.41) is 11.3. The number of terminal acetylenes is 2. The van der Waals surface area contributed by atoms with Gasteiger partial charge in [0.1, 0.15) is 13.2 Å². The van der Waals surface area contributed by atoms with Crippen molar-refractivity contribution in [2.24, 2.45) is 0 Å². The standard InChI is InChI=1S/C62H91N5O19/c1-3-21-73-29-35-79-41-44-82-39-33-77-27-19-64-59(69)15-24-85-49-52(50-86-25-16-60(70)65-20-28-78-34-40-83-45-42-80-36-30-74-22-4-2)66-61(71)17-23-75-31-37-81-43-46-84-38-32-76-26-18-63-58(68)13-14-62(72)67-48-51-9-5-6-10-53(51)55-47-56(55)54-11-7-8-12-57(54)67/h1-2,5-12,52H,13-50H2,(H,63,68)(H,64,69)(H,65,70)(H,66,71). The number of rotatable bonds is 55. The number of anilines is 1. The van der Waals surface area contributed by atoms with Crippen molar-refractivity contribution < 1.29 is 90.3 Å². The Morgan fingerprint density at radius 2 is 0.767 bits per heavy atom. The SMILES string of the molecule is C#CCOCCOCCOCCOCCNC(=O)CCOCC(COCCC(=O)NCCOCCOCCOCCOCC#C)NC(=O)CCOCCOCCOCCOCCNC(=O)CCC(=O)N1Cc2ccccc2C2=C(C2)c2ccccc21. The number of fused-ring (bicyclic) bond motifs is 4. The number of allylic oxidation sites excluding steroid dienone is 2. The van der Waals surface area contributed by atoms with E-state index >= 15 is 0 Å². The Kier molecular flexibility index (Phi) is 41.4. The molecule has 0 bridgehead atoms. The van der Waals surface area contributed by atoms with Crippen LogP contribution in [0.4, 0.5) is 5.69 Å². The quantitative estimate of drug-likeness (QED) is 0.0546. The molecule has 0 fully saturated rings. The number of nitrogens with zero attached hydrogens (tertiary/aromatic N) is 1. The third kappa shape index (κ3) is 35.0. The zero-order valence-corrected chi connectivity index (χ0v) is 49.9. The summed E-state index contributed by atoms with van der Waals surface area (Å²) in [6, 6.07) is 15.6. The van der Waals surface area contributed by atoms with Crippen molar-refractivity contribution in [1.82, 2.24) is 21.3 Å². The second kappa shape index (κ2) is 49.1. The molecule has 0 aromatic heterocycles. The zero-order valence-electron chi connectivity index (χ0n) is 49.9. The van der Waals surface area contributed by atoms with E-state index in [9.17, 15) is 24.0 Å². The first-order valence-corrected chi connectivity index (χ1v) is 29.6. The van der Waals surface area contributed by atoms with Gasteiger partial charge in [0.05, 0.1) is 190 Å². The topological polar surface area (TPSA) is 266 Å². The Labute approximate surface area is 506 Å². The molecule has 24 heteroatoms. The molecule has 0 saturated carbocycles. The molecular weight excluding hydrogens is 1120 g/mol. The first kappa shape index (κ1) is 72.6. The summed E-state index contributed by atoms with van der Waals surface area (Å²) in [4.78, 5) is 65.7. The molecule has 2 aromatic carbocycles. The molecule has 24 nitrogen and oxygen atoms in total. The van der Waals surface area contributed by atoms with Crippen LogP contribution in [-0.2, 0) is 96.8 Å². The van der Waals surface area contributed by atoms with E-state index < -0.39 is 6.04 Å². The largest absolute Gasteiger partial charge is 0.379 e. The summed E-state index contributed by atoms with van der Waals surface area (Å²) in [6.07, 6.45) is 11.6. The molecule has 1 aliphatic heterocycles. The Morgan fingerprint density at radius 3 is 1.23 bits per heavy atom. The molecule has 0 spiro atoms. The van der Waals surface area contributed by atoms with Gasteiger partial charge in [0.2, 0.25) is 29.5 Å². The predicted octanol–water partition coefficient (Wildman–Crippen LogP) is 2.13. The first-order valence-electron chi connectivity index (χ1n) is 29.6. The molecule has 0 atom stereocenters. The average Bonchev–Trinajstić information content (AvgIpc) is 1.74. The Bertz CT molecular complexity index is 2270. The number of hydrogen-bond donors (Lipinski definition) is 4. The molecule has 1 aliphatic carbocycles. The van der Waals surface area contributed by atoms with Gasteiger partial charge in [0.25, 0.3) is 0 Å². The van der Waals surface area contributed by atoms with Crippen molar-refractivity contribution in [3.63, 3.8) is 0 Å². The molecule has 2 aliphatic rings. The number of ether oxygens (including phenoxy) is 14. The van der Waals surface area contributed by atoms with E-state index in [-0.39, 0.29) is 114 Å². The fraction of sp³-hybridized carbons (Fsp3) is 0.629. The Balaban J connectivity index is 0.986. The van der Waals surface area contributed by atoms with Gasteiger partial charge in [-0.15, -0.1) is 12.8 Å². The van der Waals surface area contributed by atoms with Gasteiger partial charge >= 0.3 is 0 Å². The van der Waals surface area contributed by atoms with Gasteiger partial charge in [0.15, 0.2) is 0 Å². The molecule has 478 valence electrons. The van der Waals surface area contributed by atoms with Gasteiger partial charge in [-0.25, -0.2) is 0 Å². The number of benzene rings is 2. The van der Waals surface area contributed by atoms with E-state index in [2.05, 4.69) is 51.3 Å². The van der Waals surface area contributed by atoms with E-state index in [0.717, 1.165) is 23.2 Å². The number of hydrogen-bond acceptors (Lipinski definition) is 19. The molecule has 86 heavy (non-hydrogen) atoms. The molecule has 1 heterocycles. The number of amides is 5. The van der Waals surface area contributed by atoms with Crippen LogP contribution in [-0.4, -0.2) is 240 Å². The number of nitrogens with one attached hydrogen (secondary N) is 4. The lowest BCUT2D eigenvalue weighted by atomic mass is 10.0. The van der Waals surface area contributed by atoms with Crippen LogP contribution < -0.4 is 26.2 Å². The highest BCUT2D eigenvalue weighted by molar-refractivity contribution is 6.13. The molecule has 4 rings (SSSR count). The maximum atomic E-state index is 13.6. The van der Waals surface area contributed by atoms with E-state index in [1.54, 1.807) is 4.90 Å². The molecule has 4 N–H and O–H groups in total. The van der Waals surface area contributed by atoms with Crippen LogP contribution in [0.2, 0.25) is 0 Å². The van der Waals surface area contributed by atoms with Crippen molar-refractivity contribution >= 4 is 46.4 Å². The van der Waals surface area contributed by atoms with Crippen molar-refractivity contribution in [2.75, 3.05) is 210 Å². The lowest BCUT2D eigenvalue weighted by molar-refractivity contribution is -0.126. The van der Waals surface area contributed by atoms with E-state index in [1.807, 2.05) is 30.3 Å². The van der Waals surface area contributed by atoms with Crippen LogP contribution in [0, 0.1) is 24.7 Å². The minimum atomic E-state index is -0.565. The van der Waals surface area contributed by atoms with Crippen molar-refractivity contribution in [1.29, 1.82) is 0 Å². The Morgan fingerprint density at radius 1 is 0.407 bits per heavy atom. The van der Waals surface area contributed by atoms with E-state index in [4.69, 9.17) is 79.2 Å². The lowest BCUT2D eigenvalue weighted by Gasteiger charge is -2.27. The summed E-state index contributed by atoms with van der Waals surface area (Å²) < 4.78 is 76.8. The summed E-state index contributed by atoms with van der Waals surface area (Å²) in [6.45, 7) is 10.1. The smallest absolute Gasteiger partial charge is 0.227 e. The van der Waals surface area contributed by atoms with Gasteiger partial charge in [-0.1, -0.05) is 54.3 Å². The molecule has 2 aromatic rings. The summed E-state index contributed by atoms with van der Waals surface area (Å²) >= 11 is 0. The summed E-state index contributed by atoms with van der Waals surface area (Å²) in [5.74, 6) is 3.72. The predicted molar refractivity (Wildman–Crippen MR) is 319 cm³/mol. The van der Waals surface area contributed by atoms with Gasteiger partial charge in [-0.2, -0.15) is 0 Å². The molecule has 0 unspecified atom stereocenters. The van der Waals surface area contributed by atoms with Crippen LogP contribution in [0.1, 0.15) is 55.2 Å². The first-order chi connectivity index (χ1) is 42.3. The maximum absolute atomic E-state index is 13.6. The average molecular weight is 1210 g/mol. The molecule has 0 radical (unpaired) electrons. The summed E-state index contributed by atoms with van der Waals surface area (Å²) in [5.41, 5.74) is 6.86. The number of para-hydroxylation sites is 1. The minimum absolute atomic E-state index is 0.0621. The third-order valence-electron chi connectivity index (χ3n) is 12.5. The van der Waals surface area contributed by atoms with Crippen molar-refractivity contribution in [3.05, 3.63) is 65.2 Å². The van der Waals surface area contributed by atoms with Crippen LogP contribution >= 0.6 is 0 Å². The second-order valence-electron chi connectivity index (χ2n) is 19.1. The highest BCUT2D eigenvalue weighted by Gasteiger charge is 2.33. The van der Waals surface area contributed by atoms with Crippen LogP contribution in [0.5, 0.6) is 0 Å². The van der Waals surface area contributed by atoms with Crippen LogP contribution in [0.25, 0.3) is 11.1 Å². The highest BCUT2D eigenvalue weighted by Crippen LogP contribution is 2.52. The number of carbonyl (C=O) groups is 5. The fourth-order valence-corrected chi connectivity index (χ4v) is 8.17. The monoisotopic (exact) mass is 1210 g/mol.